The first-order valence-corrected chi connectivity index (χ1v) is 14.9. The molecule has 9 heteroatoms. The van der Waals surface area contributed by atoms with Gasteiger partial charge in [-0.15, -0.1) is 0 Å². The fourth-order valence-electron chi connectivity index (χ4n) is 6.28. The molecule has 0 bridgehead atoms. The van der Waals surface area contributed by atoms with Crippen molar-refractivity contribution in [1.82, 2.24) is 15.1 Å². The van der Waals surface area contributed by atoms with Gasteiger partial charge in [-0.3, -0.25) is 9.69 Å². The minimum Gasteiger partial charge on any atom is -0.497 e. The lowest BCUT2D eigenvalue weighted by Crippen LogP contribution is -2.57. The van der Waals surface area contributed by atoms with Gasteiger partial charge in [0.25, 0.3) is 0 Å². The van der Waals surface area contributed by atoms with Gasteiger partial charge in [0.05, 0.1) is 12.7 Å². The average Bonchev–Trinajstić information content (AvgIpc) is 2.96. The van der Waals surface area contributed by atoms with Gasteiger partial charge >= 0.3 is 6.18 Å². The molecule has 2 aromatic rings. The number of alkyl halides is 3. The maximum atomic E-state index is 13.2. The number of hydrogen-bond acceptors (Lipinski definition) is 5. The van der Waals surface area contributed by atoms with Gasteiger partial charge in [-0.05, 0) is 73.5 Å². The lowest BCUT2D eigenvalue weighted by atomic mass is 9.86. The van der Waals surface area contributed by atoms with Gasteiger partial charge in [0.1, 0.15) is 5.75 Å². The van der Waals surface area contributed by atoms with Crippen molar-refractivity contribution in [3.63, 3.8) is 0 Å². The first-order chi connectivity index (χ1) is 19.6. The lowest BCUT2D eigenvalue weighted by molar-refractivity contribution is -0.137. The standard InChI is InChI=1S/C32H45F3N4O2/c1-24(2)22-37-16-14-30(39-19-17-38(18-20-39)28-6-4-5-27(21-28)32(33,34)35)26(23-37)9-12-31(40)36-15-13-25-7-10-29(41-3)11-8-25/h4-8,10-11,21,24,26,30H,9,12-20,22-23H2,1-3H3,(H,36,40)/t26-,30+/m1/s1. The molecule has 1 amide bonds. The Bertz CT molecular complexity index is 1100. The van der Waals surface area contributed by atoms with E-state index in [1.165, 1.54) is 12.1 Å². The SMILES string of the molecule is COc1ccc(CCNC(=O)CC[C@@H]2CN(CC(C)C)CC[C@@H]2N2CCN(c3cccc(C(F)(F)F)c3)CC2)cc1. The van der Waals surface area contributed by atoms with Gasteiger partial charge in [0, 0.05) is 64.0 Å². The van der Waals surface area contributed by atoms with Gasteiger partial charge in [-0.25, -0.2) is 0 Å². The van der Waals surface area contributed by atoms with Crippen LogP contribution in [0.25, 0.3) is 0 Å². The summed E-state index contributed by atoms with van der Waals surface area (Å²) in [6.45, 7) is 11.2. The number of nitrogens with zero attached hydrogens (tertiary/aromatic N) is 3. The van der Waals surface area contributed by atoms with Crippen molar-refractivity contribution in [3.05, 3.63) is 59.7 Å². The molecule has 0 saturated carbocycles. The number of hydrogen-bond donors (Lipinski definition) is 1. The zero-order chi connectivity index (χ0) is 29.4. The van der Waals surface area contributed by atoms with Crippen molar-refractivity contribution < 1.29 is 22.7 Å². The van der Waals surface area contributed by atoms with Gasteiger partial charge < -0.3 is 19.9 Å². The number of nitrogens with one attached hydrogen (secondary N) is 1. The van der Waals surface area contributed by atoms with Crippen LogP contribution in [-0.2, 0) is 17.4 Å². The molecule has 6 nitrogen and oxygen atoms in total. The maximum Gasteiger partial charge on any atom is 0.416 e. The molecule has 2 atom stereocenters. The molecule has 226 valence electrons. The van der Waals surface area contributed by atoms with Crippen molar-refractivity contribution in [3.8, 4) is 5.75 Å². The fourth-order valence-corrected chi connectivity index (χ4v) is 6.28. The number of halogens is 3. The first-order valence-electron chi connectivity index (χ1n) is 14.9. The van der Waals surface area contributed by atoms with E-state index >= 15 is 0 Å². The smallest absolute Gasteiger partial charge is 0.416 e. The van der Waals surface area contributed by atoms with Crippen LogP contribution in [0.5, 0.6) is 5.75 Å². The van der Waals surface area contributed by atoms with Gasteiger partial charge in [-0.1, -0.05) is 32.0 Å². The second-order valence-corrected chi connectivity index (χ2v) is 11.8. The minimum atomic E-state index is -4.34. The molecule has 0 aromatic heterocycles. The van der Waals surface area contributed by atoms with Crippen LogP contribution in [-0.4, -0.2) is 81.2 Å². The summed E-state index contributed by atoms with van der Waals surface area (Å²) in [4.78, 5) is 19.9. The van der Waals surface area contributed by atoms with Crippen LogP contribution < -0.4 is 15.0 Å². The van der Waals surface area contributed by atoms with Crippen LogP contribution in [0.1, 0.15) is 44.2 Å². The van der Waals surface area contributed by atoms with E-state index < -0.39 is 11.7 Å². The van der Waals surface area contributed by atoms with E-state index in [9.17, 15) is 18.0 Å². The Labute approximate surface area is 242 Å². The Balaban J connectivity index is 1.30. The summed E-state index contributed by atoms with van der Waals surface area (Å²) >= 11 is 0. The van der Waals surface area contributed by atoms with E-state index in [1.54, 1.807) is 13.2 Å². The van der Waals surface area contributed by atoms with Crippen LogP contribution in [0.4, 0.5) is 18.9 Å². The molecule has 41 heavy (non-hydrogen) atoms. The first kappa shape index (κ1) is 31.2. The van der Waals surface area contributed by atoms with E-state index in [0.717, 1.165) is 69.4 Å². The fraction of sp³-hybridized carbons (Fsp3) is 0.594. The molecule has 4 rings (SSSR count). The van der Waals surface area contributed by atoms with E-state index in [0.29, 0.717) is 49.6 Å². The largest absolute Gasteiger partial charge is 0.497 e. The second-order valence-electron chi connectivity index (χ2n) is 11.8. The summed E-state index contributed by atoms with van der Waals surface area (Å²) in [5.74, 6) is 1.88. The molecule has 0 aliphatic carbocycles. The minimum absolute atomic E-state index is 0.0904. The van der Waals surface area contributed by atoms with Crippen LogP contribution in [0, 0.1) is 11.8 Å². The summed E-state index contributed by atoms with van der Waals surface area (Å²) in [7, 11) is 1.65. The molecule has 2 fully saturated rings. The number of benzene rings is 2. The highest BCUT2D eigenvalue weighted by Crippen LogP contribution is 2.33. The Kier molecular flexibility index (Phi) is 10.9. The van der Waals surface area contributed by atoms with Gasteiger partial charge in [0.2, 0.25) is 5.91 Å². The number of methoxy groups -OCH3 is 1. The molecule has 0 spiro atoms. The highest BCUT2D eigenvalue weighted by atomic mass is 19.4. The lowest BCUT2D eigenvalue weighted by Gasteiger charge is -2.47. The monoisotopic (exact) mass is 574 g/mol. The molecule has 2 saturated heterocycles. The zero-order valence-electron chi connectivity index (χ0n) is 24.6. The molecule has 2 aliphatic rings. The molecule has 1 N–H and O–H groups in total. The maximum absolute atomic E-state index is 13.2. The molecule has 2 aliphatic heterocycles. The number of amides is 1. The summed E-state index contributed by atoms with van der Waals surface area (Å²) in [5, 5.41) is 3.09. The normalized spacial score (nSPS) is 20.8. The number of piperidine rings is 1. The molecule has 2 aromatic carbocycles. The number of carbonyl (C=O) groups excluding carboxylic acids is 1. The zero-order valence-corrected chi connectivity index (χ0v) is 24.6. The van der Waals surface area contributed by atoms with E-state index in [4.69, 9.17) is 4.74 Å². The number of rotatable bonds is 11. The molecule has 0 unspecified atom stereocenters. The van der Waals surface area contributed by atoms with Gasteiger partial charge in [-0.2, -0.15) is 13.2 Å². The predicted molar refractivity (Wildman–Crippen MR) is 157 cm³/mol. The third kappa shape index (κ3) is 9.10. The van der Waals surface area contributed by atoms with Crippen LogP contribution in [0.15, 0.2) is 48.5 Å². The number of carbonyl (C=O) groups is 1. The van der Waals surface area contributed by atoms with Crippen LogP contribution in [0.2, 0.25) is 0 Å². The number of piperazine rings is 1. The molecular formula is C32H45F3N4O2. The Hall–Kier alpha value is -2.78. The van der Waals surface area contributed by atoms with E-state index in [-0.39, 0.29) is 5.91 Å². The Morgan fingerprint density at radius 2 is 1.78 bits per heavy atom. The van der Waals surface area contributed by atoms with E-state index in [1.807, 2.05) is 24.3 Å². The van der Waals surface area contributed by atoms with Crippen LogP contribution in [0.3, 0.4) is 0 Å². The van der Waals surface area contributed by atoms with Crippen molar-refractivity contribution in [2.45, 2.75) is 51.7 Å². The van der Waals surface area contributed by atoms with Crippen molar-refractivity contribution in [2.24, 2.45) is 11.8 Å². The highest BCUT2D eigenvalue weighted by Gasteiger charge is 2.35. The summed E-state index contributed by atoms with van der Waals surface area (Å²) in [5.41, 5.74) is 1.19. The number of ether oxygens (including phenoxy) is 1. The molecule has 0 radical (unpaired) electrons. The topological polar surface area (TPSA) is 48.1 Å². The average molecular weight is 575 g/mol. The Morgan fingerprint density at radius 3 is 2.44 bits per heavy atom. The van der Waals surface area contributed by atoms with Gasteiger partial charge in [0.15, 0.2) is 0 Å². The summed E-state index contributed by atoms with van der Waals surface area (Å²) < 4.78 is 44.9. The highest BCUT2D eigenvalue weighted by molar-refractivity contribution is 5.75. The van der Waals surface area contributed by atoms with Crippen molar-refractivity contribution in [2.75, 3.05) is 64.4 Å². The summed E-state index contributed by atoms with van der Waals surface area (Å²) in [6.07, 6.45) is -1.16. The van der Waals surface area contributed by atoms with E-state index in [2.05, 4.69) is 33.9 Å². The molecular weight excluding hydrogens is 529 g/mol. The number of anilines is 1. The molecule has 2 heterocycles. The van der Waals surface area contributed by atoms with Crippen molar-refractivity contribution in [1.29, 1.82) is 0 Å². The van der Waals surface area contributed by atoms with Crippen molar-refractivity contribution >= 4 is 11.6 Å². The predicted octanol–water partition coefficient (Wildman–Crippen LogP) is 5.32. The number of likely N-dealkylation sites (tertiary alicyclic amines) is 1. The summed E-state index contributed by atoms with van der Waals surface area (Å²) in [6, 6.07) is 13.9. The second kappa shape index (κ2) is 14.4. The van der Waals surface area contributed by atoms with Crippen LogP contribution >= 0.6 is 0 Å². The quantitative estimate of drug-likeness (QED) is 0.394. The Morgan fingerprint density at radius 1 is 1.05 bits per heavy atom. The third-order valence-electron chi connectivity index (χ3n) is 8.36. The third-order valence-corrected chi connectivity index (χ3v) is 8.36.